The second-order valence-corrected chi connectivity index (χ2v) is 6.04. The van der Waals surface area contributed by atoms with Crippen molar-refractivity contribution in [3.05, 3.63) is 93.0 Å². The number of anilines is 2. The van der Waals surface area contributed by atoms with Gasteiger partial charge in [-0.2, -0.15) is 0 Å². The third-order valence-corrected chi connectivity index (χ3v) is 4.36. The molecule has 1 aliphatic heterocycles. The van der Waals surface area contributed by atoms with Gasteiger partial charge in [-0.1, -0.05) is 60.7 Å². The second kappa shape index (κ2) is 6.84. The Kier molecular flexibility index (Phi) is 4.23. The lowest BCUT2D eigenvalue weighted by Crippen LogP contribution is -2.42. The fourth-order valence-corrected chi connectivity index (χ4v) is 3.05. The third kappa shape index (κ3) is 2.97. The predicted octanol–water partition coefficient (Wildman–Crippen LogP) is 2.27. The summed E-state index contributed by atoms with van der Waals surface area (Å²) < 4.78 is 2.68. The minimum atomic E-state index is -0.596. The van der Waals surface area contributed by atoms with Crippen LogP contribution in [0.2, 0.25) is 0 Å². The third-order valence-electron chi connectivity index (χ3n) is 4.36. The average molecular weight is 346 g/mol. The number of para-hydroxylation sites is 1. The second-order valence-electron chi connectivity index (χ2n) is 6.04. The summed E-state index contributed by atoms with van der Waals surface area (Å²) in [7, 11) is 0. The van der Waals surface area contributed by atoms with E-state index in [2.05, 4.69) is 5.10 Å². The van der Waals surface area contributed by atoms with Crippen LogP contribution in [0.25, 0.3) is 6.08 Å². The number of rotatable bonds is 4. The molecule has 0 aliphatic carbocycles. The lowest BCUT2D eigenvalue weighted by Gasteiger charge is -2.17. The van der Waals surface area contributed by atoms with Gasteiger partial charge in [0.25, 0.3) is 0 Å². The average Bonchev–Trinajstić information content (AvgIpc) is 3.11. The fraction of sp³-hybridized carbons (Fsp3) is 0.150. The zero-order valence-electron chi connectivity index (χ0n) is 14.2. The quantitative estimate of drug-likeness (QED) is 0.680. The normalized spacial score (nSPS) is 13.3. The highest BCUT2D eigenvalue weighted by molar-refractivity contribution is 5.58. The van der Waals surface area contributed by atoms with Gasteiger partial charge in [0, 0.05) is 18.8 Å². The van der Waals surface area contributed by atoms with E-state index in [0.29, 0.717) is 19.0 Å². The minimum Gasteiger partial charge on any atom is -0.309 e. The summed E-state index contributed by atoms with van der Waals surface area (Å²) in [6.45, 7) is 1.33. The molecule has 0 unspecified atom stereocenters. The summed E-state index contributed by atoms with van der Waals surface area (Å²) in [5, 5.41) is 4.44. The summed E-state index contributed by atoms with van der Waals surface area (Å²) in [6.07, 6.45) is 3.75. The molecule has 0 saturated carbocycles. The van der Waals surface area contributed by atoms with Crippen molar-refractivity contribution in [2.75, 3.05) is 11.4 Å². The van der Waals surface area contributed by atoms with Crippen LogP contribution in [0.15, 0.2) is 76.3 Å². The maximum atomic E-state index is 12.4. The van der Waals surface area contributed by atoms with Gasteiger partial charge in [-0.3, -0.25) is 14.2 Å². The number of allylic oxidation sites excluding steroid dienone is 1. The van der Waals surface area contributed by atoms with Gasteiger partial charge in [0.1, 0.15) is 0 Å². The van der Waals surface area contributed by atoms with E-state index in [4.69, 9.17) is 0 Å². The van der Waals surface area contributed by atoms with E-state index in [1.54, 1.807) is 0 Å². The van der Waals surface area contributed by atoms with E-state index in [1.807, 2.05) is 77.7 Å². The van der Waals surface area contributed by atoms with E-state index >= 15 is 0 Å². The summed E-state index contributed by atoms with van der Waals surface area (Å²) in [4.78, 5) is 26.7. The predicted molar refractivity (Wildman–Crippen MR) is 102 cm³/mol. The van der Waals surface area contributed by atoms with Crippen LogP contribution in [-0.4, -0.2) is 20.9 Å². The highest BCUT2D eigenvalue weighted by Crippen LogP contribution is 2.25. The molecule has 26 heavy (non-hydrogen) atoms. The molecular weight excluding hydrogens is 328 g/mol. The molecule has 2 aromatic carbocycles. The van der Waals surface area contributed by atoms with E-state index < -0.39 is 11.1 Å². The zero-order chi connectivity index (χ0) is 17.9. The van der Waals surface area contributed by atoms with E-state index in [1.165, 1.54) is 9.25 Å². The largest absolute Gasteiger partial charge is 0.333 e. The van der Waals surface area contributed by atoms with Gasteiger partial charge in [0.05, 0.1) is 6.54 Å². The molecule has 0 atom stereocenters. The molecule has 1 aliphatic rings. The molecule has 0 bridgehead atoms. The number of fused-ring (bicyclic) bond motifs is 1. The van der Waals surface area contributed by atoms with Crippen LogP contribution in [0.3, 0.4) is 0 Å². The van der Waals surface area contributed by atoms with Crippen LogP contribution in [0.5, 0.6) is 0 Å². The Labute approximate surface area is 150 Å². The van der Waals surface area contributed by atoms with Gasteiger partial charge < -0.3 is 4.90 Å². The molecule has 6 nitrogen and oxygen atoms in total. The van der Waals surface area contributed by atoms with Crippen molar-refractivity contribution >= 4 is 17.7 Å². The highest BCUT2D eigenvalue weighted by Gasteiger charge is 2.25. The van der Waals surface area contributed by atoms with Gasteiger partial charge in [-0.05, 0) is 17.7 Å². The maximum Gasteiger partial charge on any atom is 0.333 e. The molecule has 3 aromatic rings. The molecule has 0 N–H and O–H groups in total. The van der Waals surface area contributed by atoms with E-state index in [9.17, 15) is 9.59 Å². The van der Waals surface area contributed by atoms with Crippen LogP contribution in [-0.2, 0) is 13.1 Å². The first-order valence-corrected chi connectivity index (χ1v) is 8.50. The van der Waals surface area contributed by atoms with Crippen molar-refractivity contribution < 1.29 is 0 Å². The van der Waals surface area contributed by atoms with E-state index in [-0.39, 0.29) is 6.54 Å². The first kappa shape index (κ1) is 16.1. The zero-order valence-corrected chi connectivity index (χ0v) is 14.2. The van der Waals surface area contributed by atoms with Crippen molar-refractivity contribution in [1.29, 1.82) is 0 Å². The number of aromatic nitrogens is 3. The van der Waals surface area contributed by atoms with Crippen LogP contribution in [0.1, 0.15) is 5.56 Å². The smallest absolute Gasteiger partial charge is 0.309 e. The number of benzene rings is 2. The Morgan fingerprint density at radius 3 is 2.31 bits per heavy atom. The maximum absolute atomic E-state index is 12.4. The van der Waals surface area contributed by atoms with E-state index in [0.717, 1.165) is 11.3 Å². The molecule has 0 radical (unpaired) electrons. The van der Waals surface area contributed by atoms with Crippen molar-refractivity contribution in [1.82, 2.24) is 14.3 Å². The molecular formula is C20H18N4O2. The minimum absolute atomic E-state index is 0.249. The van der Waals surface area contributed by atoms with Crippen molar-refractivity contribution in [2.24, 2.45) is 0 Å². The Balaban J connectivity index is 1.67. The van der Waals surface area contributed by atoms with Gasteiger partial charge >= 0.3 is 11.1 Å². The Bertz CT molecular complexity index is 1050. The first-order valence-electron chi connectivity index (χ1n) is 8.50. The Morgan fingerprint density at radius 1 is 0.885 bits per heavy atom. The van der Waals surface area contributed by atoms with Crippen LogP contribution >= 0.6 is 0 Å². The summed E-state index contributed by atoms with van der Waals surface area (Å²) in [6, 6.07) is 19.5. The van der Waals surface area contributed by atoms with Gasteiger partial charge in [-0.25, -0.2) is 4.68 Å². The molecule has 4 rings (SSSR count). The van der Waals surface area contributed by atoms with Gasteiger partial charge in [-0.15, -0.1) is 5.10 Å². The standard InChI is InChI=1S/C20H18N4O2/c25-18-19(26)24(13-7-10-16-8-3-1-4-9-16)21-20-22(14-15-23(18)20)17-11-5-2-6-12-17/h1-12H,13-15H2. The molecule has 0 spiro atoms. The number of hydrogen-bond donors (Lipinski definition) is 0. The summed E-state index contributed by atoms with van der Waals surface area (Å²) in [5.41, 5.74) is 0.864. The molecule has 130 valence electrons. The van der Waals surface area contributed by atoms with Crippen molar-refractivity contribution in [3.8, 4) is 0 Å². The van der Waals surface area contributed by atoms with Gasteiger partial charge in [0.2, 0.25) is 5.95 Å². The fourth-order valence-electron chi connectivity index (χ4n) is 3.05. The topological polar surface area (TPSA) is 60.1 Å². The Hall–Kier alpha value is -3.41. The van der Waals surface area contributed by atoms with Crippen molar-refractivity contribution in [3.63, 3.8) is 0 Å². The SMILES string of the molecule is O=c1c(=O)n2c(nn1CC=Cc1ccccc1)N(c1ccccc1)CC2. The van der Waals surface area contributed by atoms with Crippen LogP contribution in [0.4, 0.5) is 11.6 Å². The molecule has 1 aromatic heterocycles. The molecule has 0 fully saturated rings. The Morgan fingerprint density at radius 2 is 1.58 bits per heavy atom. The van der Waals surface area contributed by atoms with Crippen LogP contribution < -0.4 is 16.0 Å². The summed E-state index contributed by atoms with van der Waals surface area (Å²) >= 11 is 0. The lowest BCUT2D eigenvalue weighted by atomic mass is 10.2. The molecule has 6 heteroatoms. The van der Waals surface area contributed by atoms with Crippen LogP contribution in [0, 0.1) is 0 Å². The molecule has 0 amide bonds. The molecule has 2 heterocycles. The number of hydrogen-bond acceptors (Lipinski definition) is 4. The highest BCUT2D eigenvalue weighted by atomic mass is 16.2. The monoisotopic (exact) mass is 346 g/mol. The van der Waals surface area contributed by atoms with Crippen molar-refractivity contribution in [2.45, 2.75) is 13.1 Å². The number of nitrogens with zero attached hydrogens (tertiary/aromatic N) is 4. The van der Waals surface area contributed by atoms with Gasteiger partial charge in [0.15, 0.2) is 0 Å². The first-order chi connectivity index (χ1) is 12.7. The molecule has 0 saturated heterocycles. The lowest BCUT2D eigenvalue weighted by molar-refractivity contribution is 0.600. The summed E-state index contributed by atoms with van der Waals surface area (Å²) in [5.74, 6) is 0.508.